The molecule has 124 valence electrons. The van der Waals surface area contributed by atoms with Gasteiger partial charge in [0.15, 0.2) is 0 Å². The van der Waals surface area contributed by atoms with Crippen LogP contribution in [0.4, 0.5) is 18.3 Å². The maximum Gasteiger partial charge on any atom is 0.445 e. The third-order valence-corrected chi connectivity index (χ3v) is 4.71. The highest BCUT2D eigenvalue weighted by Gasteiger charge is 2.37. The number of rotatable bonds is 5. The smallest absolute Gasteiger partial charge is 0.376 e. The quantitative estimate of drug-likeness (QED) is 0.831. The zero-order valence-electron chi connectivity index (χ0n) is 12.3. The van der Waals surface area contributed by atoms with Crippen LogP contribution in [0.3, 0.4) is 0 Å². The van der Waals surface area contributed by atoms with Gasteiger partial charge in [-0.1, -0.05) is 41.7 Å². The molecule has 0 spiro atoms. The number of anilines is 1. The van der Waals surface area contributed by atoms with Gasteiger partial charge in [-0.25, -0.2) is 0 Å². The first kappa shape index (κ1) is 16.2. The third-order valence-electron chi connectivity index (χ3n) is 3.68. The van der Waals surface area contributed by atoms with Crippen LogP contribution >= 0.6 is 11.3 Å². The Bertz CT molecular complexity index is 632. The Labute approximate surface area is 135 Å². The maximum atomic E-state index is 12.6. The summed E-state index contributed by atoms with van der Waals surface area (Å²) in [5, 5.41) is 6.33. The summed E-state index contributed by atoms with van der Waals surface area (Å²) >= 11 is 0.598. The van der Waals surface area contributed by atoms with Gasteiger partial charge in [0.05, 0.1) is 13.2 Å². The number of ether oxygens (including phenoxy) is 1. The number of hydrogen-bond donors (Lipinski definition) is 0. The van der Waals surface area contributed by atoms with E-state index in [2.05, 4.69) is 10.2 Å². The number of hydrogen-bond acceptors (Lipinski definition) is 5. The second kappa shape index (κ2) is 6.84. The van der Waals surface area contributed by atoms with E-state index in [0.29, 0.717) is 48.7 Å². The van der Waals surface area contributed by atoms with Crippen LogP contribution in [-0.2, 0) is 17.5 Å². The summed E-state index contributed by atoms with van der Waals surface area (Å²) < 4.78 is 43.4. The fraction of sp³-hybridized carbons (Fsp3) is 0.467. The molecule has 0 N–H and O–H groups in total. The van der Waals surface area contributed by atoms with E-state index in [1.807, 2.05) is 35.2 Å². The summed E-state index contributed by atoms with van der Waals surface area (Å²) in [6.45, 7) is 2.48. The van der Waals surface area contributed by atoms with Crippen molar-refractivity contribution in [2.45, 2.75) is 19.2 Å². The SMILES string of the molecule is FC(F)(F)c1nnc(N2CC[C@H](COCc3ccccc3)C2)s1. The van der Waals surface area contributed by atoms with Gasteiger partial charge in [-0.05, 0) is 12.0 Å². The minimum Gasteiger partial charge on any atom is -0.376 e. The van der Waals surface area contributed by atoms with E-state index in [9.17, 15) is 13.2 Å². The maximum absolute atomic E-state index is 12.6. The molecule has 1 atom stereocenters. The van der Waals surface area contributed by atoms with Crippen LogP contribution in [0, 0.1) is 5.92 Å². The molecule has 1 aliphatic heterocycles. The fourth-order valence-electron chi connectivity index (χ4n) is 2.52. The van der Waals surface area contributed by atoms with Crippen LogP contribution in [0.5, 0.6) is 0 Å². The van der Waals surface area contributed by atoms with Crippen molar-refractivity contribution < 1.29 is 17.9 Å². The molecule has 1 aromatic carbocycles. The molecule has 1 aromatic heterocycles. The first-order valence-electron chi connectivity index (χ1n) is 7.29. The molecule has 1 saturated heterocycles. The third kappa shape index (κ3) is 4.20. The van der Waals surface area contributed by atoms with Crippen molar-refractivity contribution in [2.75, 3.05) is 24.6 Å². The monoisotopic (exact) mass is 343 g/mol. The highest BCUT2D eigenvalue weighted by atomic mass is 32.1. The van der Waals surface area contributed by atoms with Crippen molar-refractivity contribution in [1.29, 1.82) is 0 Å². The number of aromatic nitrogens is 2. The van der Waals surface area contributed by atoms with Crippen molar-refractivity contribution >= 4 is 16.5 Å². The molecule has 2 aromatic rings. The zero-order valence-corrected chi connectivity index (χ0v) is 13.1. The Morgan fingerprint density at radius 3 is 2.70 bits per heavy atom. The van der Waals surface area contributed by atoms with E-state index >= 15 is 0 Å². The van der Waals surface area contributed by atoms with E-state index in [4.69, 9.17) is 4.74 Å². The van der Waals surface area contributed by atoms with E-state index in [-0.39, 0.29) is 0 Å². The van der Waals surface area contributed by atoms with Crippen LogP contribution in [0.25, 0.3) is 0 Å². The topological polar surface area (TPSA) is 38.2 Å². The average Bonchev–Trinajstić information content (AvgIpc) is 3.16. The Morgan fingerprint density at radius 2 is 2.00 bits per heavy atom. The fourth-order valence-corrected chi connectivity index (χ4v) is 3.26. The molecule has 0 unspecified atom stereocenters. The van der Waals surface area contributed by atoms with E-state index in [1.165, 1.54) is 0 Å². The minimum absolute atomic E-state index is 0.303. The molecule has 4 nitrogen and oxygen atoms in total. The van der Waals surface area contributed by atoms with Crippen molar-refractivity contribution in [3.05, 3.63) is 40.9 Å². The molecule has 0 saturated carbocycles. The van der Waals surface area contributed by atoms with Gasteiger partial charge in [-0.15, -0.1) is 10.2 Å². The summed E-state index contributed by atoms with van der Waals surface area (Å²) in [6, 6.07) is 9.88. The molecule has 1 fully saturated rings. The molecule has 2 heterocycles. The van der Waals surface area contributed by atoms with Crippen molar-refractivity contribution in [1.82, 2.24) is 10.2 Å². The van der Waals surface area contributed by atoms with Crippen LogP contribution in [0.2, 0.25) is 0 Å². The minimum atomic E-state index is -4.42. The van der Waals surface area contributed by atoms with Crippen LogP contribution in [0.15, 0.2) is 30.3 Å². The lowest BCUT2D eigenvalue weighted by molar-refractivity contribution is -0.138. The standard InChI is InChI=1S/C15H16F3N3OS/c16-15(17,18)13-19-20-14(23-13)21-7-6-12(8-21)10-22-9-11-4-2-1-3-5-11/h1-5,12H,6-10H2/t12-/m0/s1. The summed E-state index contributed by atoms with van der Waals surface area (Å²) in [7, 11) is 0. The molecule has 0 radical (unpaired) electrons. The highest BCUT2D eigenvalue weighted by Crippen LogP contribution is 2.35. The molecule has 0 aliphatic carbocycles. The van der Waals surface area contributed by atoms with Gasteiger partial charge < -0.3 is 9.64 Å². The summed E-state index contributed by atoms with van der Waals surface area (Å²) in [6.07, 6.45) is -3.54. The van der Waals surface area contributed by atoms with Crippen LogP contribution < -0.4 is 4.90 Å². The van der Waals surface area contributed by atoms with Crippen molar-refractivity contribution in [3.63, 3.8) is 0 Å². The first-order chi connectivity index (χ1) is 11.0. The van der Waals surface area contributed by atoms with Gasteiger partial charge in [0, 0.05) is 19.0 Å². The molecular formula is C15H16F3N3OS. The van der Waals surface area contributed by atoms with Gasteiger partial charge in [0.25, 0.3) is 0 Å². The van der Waals surface area contributed by atoms with Gasteiger partial charge in [0.1, 0.15) is 0 Å². The Hall–Kier alpha value is -1.67. The average molecular weight is 343 g/mol. The highest BCUT2D eigenvalue weighted by molar-refractivity contribution is 7.15. The molecule has 0 amide bonds. The largest absolute Gasteiger partial charge is 0.445 e. The summed E-state index contributed by atoms with van der Waals surface area (Å²) in [4.78, 5) is 1.85. The lowest BCUT2D eigenvalue weighted by Crippen LogP contribution is -2.21. The van der Waals surface area contributed by atoms with Crippen LogP contribution in [0.1, 0.15) is 17.0 Å². The Kier molecular flexibility index (Phi) is 4.82. The Balaban J connectivity index is 1.48. The number of nitrogens with zero attached hydrogens (tertiary/aromatic N) is 3. The summed E-state index contributed by atoms with van der Waals surface area (Å²) in [5.41, 5.74) is 1.11. The van der Waals surface area contributed by atoms with Gasteiger partial charge in [-0.2, -0.15) is 13.2 Å². The Morgan fingerprint density at radius 1 is 1.22 bits per heavy atom. The van der Waals surface area contributed by atoms with E-state index < -0.39 is 11.2 Å². The predicted octanol–water partition coefficient (Wildman–Crippen LogP) is 3.60. The first-order valence-corrected chi connectivity index (χ1v) is 8.11. The second-order valence-corrected chi connectivity index (χ2v) is 6.44. The molecule has 1 aliphatic rings. The molecule has 8 heteroatoms. The normalized spacial score (nSPS) is 18.6. The lowest BCUT2D eigenvalue weighted by atomic mass is 10.1. The zero-order chi connectivity index (χ0) is 16.3. The van der Waals surface area contributed by atoms with Crippen molar-refractivity contribution in [3.8, 4) is 0 Å². The molecular weight excluding hydrogens is 327 g/mol. The van der Waals surface area contributed by atoms with Gasteiger partial charge in [-0.3, -0.25) is 0 Å². The number of benzene rings is 1. The van der Waals surface area contributed by atoms with Gasteiger partial charge in [0.2, 0.25) is 10.1 Å². The van der Waals surface area contributed by atoms with E-state index in [1.54, 1.807) is 0 Å². The van der Waals surface area contributed by atoms with Crippen LogP contribution in [-0.4, -0.2) is 29.9 Å². The van der Waals surface area contributed by atoms with E-state index in [0.717, 1.165) is 12.0 Å². The predicted molar refractivity (Wildman–Crippen MR) is 81.3 cm³/mol. The summed E-state index contributed by atoms with van der Waals surface area (Å²) in [5.74, 6) is 0.303. The molecule has 23 heavy (non-hydrogen) atoms. The number of halogens is 3. The second-order valence-electron chi connectivity index (χ2n) is 5.49. The molecule has 0 bridgehead atoms. The lowest BCUT2D eigenvalue weighted by Gasteiger charge is -2.14. The van der Waals surface area contributed by atoms with Crippen molar-refractivity contribution in [2.24, 2.45) is 5.92 Å². The number of alkyl halides is 3. The molecule has 3 rings (SSSR count). The van der Waals surface area contributed by atoms with Gasteiger partial charge >= 0.3 is 6.18 Å².